The van der Waals surface area contributed by atoms with Crippen molar-refractivity contribution in [2.45, 2.75) is 87.9 Å². The Morgan fingerprint density at radius 3 is 1.50 bits per heavy atom. The van der Waals surface area contributed by atoms with E-state index >= 15 is 0 Å². The van der Waals surface area contributed by atoms with Crippen LogP contribution in [-0.4, -0.2) is 9.97 Å². The fourth-order valence-electron chi connectivity index (χ4n) is 9.72. The Balaban J connectivity index is 1.28. The fourth-order valence-corrected chi connectivity index (χ4v) is 9.72. The summed E-state index contributed by atoms with van der Waals surface area (Å²) in [5.41, 5.74) is 2.24. The van der Waals surface area contributed by atoms with Crippen LogP contribution in [0.15, 0.2) is 12.3 Å². The Bertz CT molecular complexity index is 621. The van der Waals surface area contributed by atoms with E-state index in [4.69, 9.17) is 9.97 Å². The third-order valence-corrected chi connectivity index (χ3v) is 9.75. The van der Waals surface area contributed by atoms with E-state index < -0.39 is 0 Å². The van der Waals surface area contributed by atoms with E-state index in [0.717, 1.165) is 35.5 Å². The van der Waals surface area contributed by atoms with Crippen molar-refractivity contribution >= 4 is 0 Å². The van der Waals surface area contributed by atoms with Crippen LogP contribution in [0, 0.1) is 35.5 Å². The van der Waals surface area contributed by atoms with Gasteiger partial charge in [-0.3, -0.25) is 0 Å². The quantitative estimate of drug-likeness (QED) is 0.714. The van der Waals surface area contributed by atoms with E-state index in [9.17, 15) is 0 Å². The minimum absolute atomic E-state index is 0.354. The molecule has 0 radical (unpaired) electrons. The molecule has 0 N–H and O–H groups in total. The van der Waals surface area contributed by atoms with E-state index in [1.165, 1.54) is 88.6 Å². The maximum atomic E-state index is 5.44. The molecule has 0 aromatic carbocycles. The van der Waals surface area contributed by atoms with Crippen LogP contribution in [0.5, 0.6) is 0 Å². The van der Waals surface area contributed by atoms with Crippen molar-refractivity contribution in [3.8, 4) is 0 Å². The van der Waals surface area contributed by atoms with Crippen LogP contribution in [-0.2, 0) is 10.8 Å². The van der Waals surface area contributed by atoms with Gasteiger partial charge in [-0.2, -0.15) is 0 Å². The van der Waals surface area contributed by atoms with Crippen LogP contribution >= 0.6 is 0 Å². The monoisotopic (exact) mass is 348 g/mol. The van der Waals surface area contributed by atoms with Gasteiger partial charge in [0.1, 0.15) is 5.82 Å². The van der Waals surface area contributed by atoms with Crippen LogP contribution < -0.4 is 0 Å². The molecule has 2 nitrogen and oxygen atoms in total. The second kappa shape index (κ2) is 4.92. The zero-order valence-electron chi connectivity index (χ0n) is 16.0. The summed E-state index contributed by atoms with van der Waals surface area (Å²) in [7, 11) is 0. The SMILES string of the molecule is c1cc(C23CC4CC(CC(C4)C2)C3)nc(C23CC4CC(CC(C4)C2)C3)n1. The normalized spacial score (nSPS) is 53.4. The van der Waals surface area contributed by atoms with Gasteiger partial charge < -0.3 is 0 Å². The van der Waals surface area contributed by atoms with Gasteiger partial charge in [0.2, 0.25) is 0 Å². The minimum atomic E-state index is 0.354. The van der Waals surface area contributed by atoms with E-state index in [-0.39, 0.29) is 0 Å². The summed E-state index contributed by atoms with van der Waals surface area (Å²) in [5, 5.41) is 0. The Kier molecular flexibility index (Phi) is 2.85. The van der Waals surface area contributed by atoms with Gasteiger partial charge >= 0.3 is 0 Å². The van der Waals surface area contributed by atoms with E-state index in [2.05, 4.69) is 12.3 Å². The lowest BCUT2D eigenvalue weighted by Gasteiger charge is -2.57. The fraction of sp³-hybridized carbons (Fsp3) is 0.833. The molecule has 1 heterocycles. The van der Waals surface area contributed by atoms with Crippen LogP contribution in [0.1, 0.15) is 88.6 Å². The first-order valence-electron chi connectivity index (χ1n) is 11.5. The molecule has 26 heavy (non-hydrogen) atoms. The maximum absolute atomic E-state index is 5.44. The number of hydrogen-bond donors (Lipinski definition) is 0. The molecule has 0 unspecified atom stereocenters. The summed E-state index contributed by atoms with van der Waals surface area (Å²) >= 11 is 0. The molecule has 8 fully saturated rings. The summed E-state index contributed by atoms with van der Waals surface area (Å²) in [6, 6.07) is 2.32. The molecule has 2 heteroatoms. The van der Waals surface area contributed by atoms with Crippen LogP contribution in [0.4, 0.5) is 0 Å². The zero-order valence-corrected chi connectivity index (χ0v) is 16.0. The second-order valence-electron chi connectivity index (χ2n) is 11.7. The lowest BCUT2D eigenvalue weighted by atomic mass is 9.48. The van der Waals surface area contributed by atoms with Gasteiger partial charge in [0, 0.05) is 17.0 Å². The molecule has 8 aliphatic carbocycles. The lowest BCUT2D eigenvalue weighted by Crippen LogP contribution is -2.51. The summed E-state index contributed by atoms with van der Waals surface area (Å²) in [5.74, 6) is 7.21. The highest BCUT2D eigenvalue weighted by molar-refractivity contribution is 5.26. The summed E-state index contributed by atoms with van der Waals surface area (Å²) in [6.07, 6.45) is 19.7. The third kappa shape index (κ3) is 2.00. The van der Waals surface area contributed by atoms with Gasteiger partial charge in [-0.1, -0.05) is 0 Å². The summed E-state index contributed by atoms with van der Waals surface area (Å²) in [6.45, 7) is 0. The van der Waals surface area contributed by atoms with Gasteiger partial charge in [-0.05, 0) is 119 Å². The Morgan fingerprint density at radius 2 is 1.04 bits per heavy atom. The van der Waals surface area contributed by atoms with E-state index in [0.29, 0.717) is 10.8 Å². The first kappa shape index (κ1) is 15.1. The van der Waals surface area contributed by atoms with Crippen molar-refractivity contribution in [2.75, 3.05) is 0 Å². The van der Waals surface area contributed by atoms with Crippen molar-refractivity contribution in [3.05, 3.63) is 23.8 Å². The van der Waals surface area contributed by atoms with Crippen molar-refractivity contribution in [1.82, 2.24) is 9.97 Å². The Morgan fingerprint density at radius 1 is 0.615 bits per heavy atom. The average Bonchev–Trinajstić information content (AvgIpc) is 2.60. The molecule has 8 saturated carbocycles. The molecule has 1 aromatic heterocycles. The van der Waals surface area contributed by atoms with Crippen molar-refractivity contribution in [1.29, 1.82) is 0 Å². The predicted octanol–water partition coefficient (Wildman–Crippen LogP) is 5.41. The van der Waals surface area contributed by atoms with Gasteiger partial charge in [0.25, 0.3) is 0 Å². The first-order chi connectivity index (χ1) is 12.7. The molecule has 1 aromatic rings. The molecule has 0 spiro atoms. The van der Waals surface area contributed by atoms with Crippen LogP contribution in [0.2, 0.25) is 0 Å². The van der Waals surface area contributed by atoms with Gasteiger partial charge in [0.15, 0.2) is 0 Å². The predicted molar refractivity (Wildman–Crippen MR) is 102 cm³/mol. The zero-order chi connectivity index (χ0) is 16.9. The molecular weight excluding hydrogens is 316 g/mol. The van der Waals surface area contributed by atoms with Gasteiger partial charge in [-0.25, -0.2) is 9.97 Å². The standard InChI is InChI=1S/C24H32N2/c1-2-25-22(24-12-18-6-19(13-24)8-20(7-18)14-24)26-21(1)23-9-15-3-16(10-23)5-17(4-15)11-23/h1-2,15-20H,3-14H2. The number of hydrogen-bond acceptors (Lipinski definition) is 2. The number of aromatic nitrogens is 2. The second-order valence-corrected chi connectivity index (χ2v) is 11.7. The van der Waals surface area contributed by atoms with Crippen molar-refractivity contribution in [3.63, 3.8) is 0 Å². The highest BCUT2D eigenvalue weighted by Gasteiger charge is 2.55. The topological polar surface area (TPSA) is 25.8 Å². The molecule has 0 amide bonds. The maximum Gasteiger partial charge on any atom is 0.134 e. The van der Waals surface area contributed by atoms with Gasteiger partial charge in [-0.15, -0.1) is 0 Å². The number of nitrogens with zero attached hydrogens (tertiary/aromatic N) is 2. The largest absolute Gasteiger partial charge is 0.241 e. The Labute approximate surface area is 157 Å². The molecular formula is C24H32N2. The molecule has 0 aliphatic heterocycles. The smallest absolute Gasteiger partial charge is 0.134 e. The highest BCUT2D eigenvalue weighted by atomic mass is 14.9. The molecule has 8 aliphatic rings. The van der Waals surface area contributed by atoms with Crippen molar-refractivity contribution < 1.29 is 0 Å². The van der Waals surface area contributed by atoms with Crippen molar-refractivity contribution in [2.24, 2.45) is 35.5 Å². The molecule has 9 rings (SSSR count). The molecule has 0 saturated heterocycles. The number of rotatable bonds is 2. The molecule has 138 valence electrons. The average molecular weight is 349 g/mol. The highest BCUT2D eigenvalue weighted by Crippen LogP contribution is 2.62. The van der Waals surface area contributed by atoms with E-state index in [1.54, 1.807) is 0 Å². The van der Waals surface area contributed by atoms with Gasteiger partial charge in [0.05, 0.1) is 5.69 Å². The molecule has 0 atom stereocenters. The lowest BCUT2D eigenvalue weighted by molar-refractivity contribution is -0.0140. The van der Waals surface area contributed by atoms with E-state index in [1.807, 2.05) is 0 Å². The van der Waals surface area contributed by atoms with Crippen LogP contribution in [0.3, 0.4) is 0 Å². The Hall–Kier alpha value is -0.920. The first-order valence-corrected chi connectivity index (χ1v) is 11.5. The molecule has 8 bridgehead atoms. The minimum Gasteiger partial charge on any atom is -0.241 e. The van der Waals surface area contributed by atoms with Crippen LogP contribution in [0.25, 0.3) is 0 Å². The summed E-state index contributed by atoms with van der Waals surface area (Å²) in [4.78, 5) is 10.4. The third-order valence-electron chi connectivity index (χ3n) is 9.75. The summed E-state index contributed by atoms with van der Waals surface area (Å²) < 4.78 is 0.